The van der Waals surface area contributed by atoms with Crippen LogP contribution in [0.5, 0.6) is 0 Å². The molecule has 0 saturated carbocycles. The quantitative estimate of drug-likeness (QED) is 0.163. The molecule has 0 bridgehead atoms. The molecule has 2 aromatic carbocycles. The maximum absolute atomic E-state index is 13.2. The lowest BCUT2D eigenvalue weighted by Gasteiger charge is -2.28. The summed E-state index contributed by atoms with van der Waals surface area (Å²) in [7, 11) is 1.57. The van der Waals surface area contributed by atoms with E-state index in [2.05, 4.69) is 21.3 Å². The molecule has 0 radical (unpaired) electrons. The highest BCUT2D eigenvalue weighted by Gasteiger charge is 2.34. The van der Waals surface area contributed by atoms with Crippen LogP contribution in [0.15, 0.2) is 36.4 Å². The molecule has 0 spiro atoms. The Bertz CT molecular complexity index is 1340. The van der Waals surface area contributed by atoms with Crippen LogP contribution in [-0.4, -0.2) is 68.8 Å². The monoisotopic (exact) mass is 623 g/mol. The molecule has 1 aliphatic rings. The van der Waals surface area contributed by atoms with Crippen LogP contribution in [0.25, 0.3) is 11.1 Å². The number of amides is 4. The third kappa shape index (κ3) is 10.0. The Balaban J connectivity index is 1.78. The molecule has 0 aromatic heterocycles. The van der Waals surface area contributed by atoms with Crippen molar-refractivity contribution in [1.29, 1.82) is 0 Å². The number of ether oxygens (including phenoxy) is 2. The summed E-state index contributed by atoms with van der Waals surface area (Å²) >= 11 is 0. The van der Waals surface area contributed by atoms with Crippen LogP contribution < -0.4 is 27.0 Å². The van der Waals surface area contributed by atoms with Crippen molar-refractivity contribution >= 4 is 29.5 Å². The number of carbonyl (C=O) groups excluding carboxylic acids is 4. The Kier molecular flexibility index (Phi) is 13.4. The first-order valence-corrected chi connectivity index (χ1v) is 15.8. The Morgan fingerprint density at radius 1 is 0.978 bits per heavy atom. The Labute approximate surface area is 266 Å². The van der Waals surface area contributed by atoms with Crippen LogP contribution in [0.1, 0.15) is 93.6 Å². The number of fused-ring (bicyclic) bond motifs is 3. The molecule has 11 nitrogen and oxygen atoms in total. The molecule has 2 atom stereocenters. The maximum Gasteiger partial charge on any atom is 0.407 e. The van der Waals surface area contributed by atoms with Crippen molar-refractivity contribution in [2.75, 3.05) is 38.7 Å². The van der Waals surface area contributed by atoms with Crippen molar-refractivity contribution in [3.05, 3.63) is 53.1 Å². The number of hydrogen-bond donors (Lipinski definition) is 5. The van der Waals surface area contributed by atoms with E-state index in [4.69, 9.17) is 15.2 Å². The zero-order valence-corrected chi connectivity index (χ0v) is 27.2. The van der Waals surface area contributed by atoms with Gasteiger partial charge in [-0.05, 0) is 80.0 Å². The van der Waals surface area contributed by atoms with E-state index in [0.29, 0.717) is 43.8 Å². The van der Waals surface area contributed by atoms with Gasteiger partial charge < -0.3 is 36.5 Å². The van der Waals surface area contributed by atoms with Crippen LogP contribution >= 0.6 is 0 Å². The normalized spacial score (nSPS) is 14.1. The van der Waals surface area contributed by atoms with Crippen molar-refractivity contribution in [3.63, 3.8) is 0 Å². The fraction of sp³-hybridized carbons (Fsp3) is 0.529. The Morgan fingerprint density at radius 3 is 2.40 bits per heavy atom. The number of anilines is 1. The summed E-state index contributed by atoms with van der Waals surface area (Å²) in [6, 6.07) is 11.1. The van der Waals surface area contributed by atoms with E-state index in [1.807, 2.05) is 52.0 Å². The first kappa shape index (κ1) is 35.5. The third-order valence-corrected chi connectivity index (χ3v) is 8.36. The van der Waals surface area contributed by atoms with E-state index in [-0.39, 0.29) is 54.7 Å². The SMILES string of the molecule is CCC(C)(CC)NC(=O)OCC1c2cc(NC(=O)CCCC(=O)NCCC(C)N)ccc2-c2c(C(=O)NCCOC)cccc21. The summed E-state index contributed by atoms with van der Waals surface area (Å²) < 4.78 is 10.8. The highest BCUT2D eigenvalue weighted by atomic mass is 16.5. The number of benzene rings is 2. The zero-order valence-electron chi connectivity index (χ0n) is 27.2. The van der Waals surface area contributed by atoms with Gasteiger partial charge in [-0.3, -0.25) is 14.4 Å². The molecule has 2 unspecified atom stereocenters. The number of rotatable bonds is 17. The first-order valence-electron chi connectivity index (χ1n) is 15.8. The molecule has 11 heteroatoms. The Hall–Kier alpha value is -3.96. The van der Waals surface area contributed by atoms with E-state index < -0.39 is 6.09 Å². The second-order valence-electron chi connectivity index (χ2n) is 11.9. The standard InChI is InChI=1S/C34H49N5O6/c1-6-34(4,7-2)39-33(43)45-21-28-24-10-8-11-26(32(42)37-18-19-44-5)31(24)25-15-14-23(20-27(25)28)38-30(41)13-9-12-29(40)36-17-16-22(3)35/h8,10-11,14-15,20,22,28H,6-7,9,12-13,16-19,21,35H2,1-5H3,(H,36,40)(H,37,42)(H,38,41)(H,39,43). The molecule has 1 aliphatic carbocycles. The number of alkyl carbamates (subject to hydrolysis) is 1. The fourth-order valence-corrected chi connectivity index (χ4v) is 5.24. The van der Waals surface area contributed by atoms with E-state index in [9.17, 15) is 19.2 Å². The fourth-order valence-electron chi connectivity index (χ4n) is 5.24. The lowest BCUT2D eigenvalue weighted by atomic mass is 9.96. The third-order valence-electron chi connectivity index (χ3n) is 8.36. The number of methoxy groups -OCH3 is 1. The summed E-state index contributed by atoms with van der Waals surface area (Å²) in [4.78, 5) is 50.8. The summed E-state index contributed by atoms with van der Waals surface area (Å²) in [6.07, 6.45) is 2.56. The number of nitrogens with one attached hydrogen (secondary N) is 4. The smallest absolute Gasteiger partial charge is 0.407 e. The van der Waals surface area contributed by atoms with E-state index in [1.54, 1.807) is 19.2 Å². The van der Waals surface area contributed by atoms with Crippen molar-refractivity contribution in [1.82, 2.24) is 16.0 Å². The molecule has 0 saturated heterocycles. The molecule has 0 fully saturated rings. The lowest BCUT2D eigenvalue weighted by molar-refractivity contribution is -0.121. The van der Waals surface area contributed by atoms with Gasteiger partial charge in [-0.2, -0.15) is 0 Å². The number of nitrogens with two attached hydrogens (primary N) is 1. The van der Waals surface area contributed by atoms with Crippen molar-refractivity contribution < 1.29 is 28.7 Å². The van der Waals surface area contributed by atoms with Gasteiger partial charge in [-0.1, -0.05) is 32.0 Å². The highest BCUT2D eigenvalue weighted by Crippen LogP contribution is 2.47. The molecule has 246 valence electrons. The molecule has 0 aliphatic heterocycles. The second-order valence-corrected chi connectivity index (χ2v) is 11.9. The highest BCUT2D eigenvalue weighted by molar-refractivity contribution is 6.04. The van der Waals surface area contributed by atoms with Gasteiger partial charge in [0.2, 0.25) is 11.8 Å². The average molecular weight is 624 g/mol. The van der Waals surface area contributed by atoms with Crippen molar-refractivity contribution in [3.8, 4) is 11.1 Å². The number of carbonyl (C=O) groups is 4. The van der Waals surface area contributed by atoms with E-state index in [1.165, 1.54) is 0 Å². The van der Waals surface area contributed by atoms with Gasteiger partial charge in [0.1, 0.15) is 6.61 Å². The van der Waals surface area contributed by atoms with Gasteiger partial charge in [0, 0.05) is 61.8 Å². The van der Waals surface area contributed by atoms with Crippen LogP contribution in [0.3, 0.4) is 0 Å². The predicted molar refractivity (Wildman–Crippen MR) is 175 cm³/mol. The molecule has 2 aromatic rings. The molecule has 4 amide bonds. The summed E-state index contributed by atoms with van der Waals surface area (Å²) in [6.45, 7) is 9.22. The maximum atomic E-state index is 13.2. The minimum atomic E-state index is -0.504. The van der Waals surface area contributed by atoms with Crippen LogP contribution in [0, 0.1) is 0 Å². The summed E-state index contributed by atoms with van der Waals surface area (Å²) in [5, 5.41) is 11.6. The van der Waals surface area contributed by atoms with Gasteiger partial charge in [-0.15, -0.1) is 0 Å². The van der Waals surface area contributed by atoms with Crippen LogP contribution in [0.2, 0.25) is 0 Å². The van der Waals surface area contributed by atoms with Gasteiger partial charge in [0.15, 0.2) is 0 Å². The largest absolute Gasteiger partial charge is 0.449 e. The molecule has 3 rings (SSSR count). The van der Waals surface area contributed by atoms with Crippen molar-refractivity contribution in [2.45, 2.75) is 83.7 Å². The Morgan fingerprint density at radius 2 is 1.71 bits per heavy atom. The van der Waals surface area contributed by atoms with Gasteiger partial charge in [0.25, 0.3) is 5.91 Å². The van der Waals surface area contributed by atoms with Gasteiger partial charge >= 0.3 is 6.09 Å². The summed E-state index contributed by atoms with van der Waals surface area (Å²) in [5.41, 5.74) is 9.75. The van der Waals surface area contributed by atoms with Gasteiger partial charge in [0.05, 0.1) is 6.61 Å². The molecule has 0 heterocycles. The topological polar surface area (TPSA) is 161 Å². The van der Waals surface area contributed by atoms with E-state index >= 15 is 0 Å². The van der Waals surface area contributed by atoms with Crippen LogP contribution in [0.4, 0.5) is 10.5 Å². The number of hydrogen-bond acceptors (Lipinski definition) is 7. The molecule has 6 N–H and O–H groups in total. The zero-order chi connectivity index (χ0) is 33.0. The second kappa shape index (κ2) is 16.9. The summed E-state index contributed by atoms with van der Waals surface area (Å²) in [5.74, 6) is -0.892. The average Bonchev–Trinajstić information content (AvgIpc) is 3.32. The minimum Gasteiger partial charge on any atom is -0.449 e. The minimum absolute atomic E-state index is 0.0158. The van der Waals surface area contributed by atoms with Gasteiger partial charge in [-0.25, -0.2) is 4.79 Å². The van der Waals surface area contributed by atoms with E-state index in [0.717, 1.165) is 35.1 Å². The molecular formula is C34H49N5O6. The van der Waals surface area contributed by atoms with Crippen molar-refractivity contribution in [2.24, 2.45) is 5.73 Å². The lowest BCUT2D eigenvalue weighted by Crippen LogP contribution is -2.45. The first-order chi connectivity index (χ1) is 21.5. The molecular weight excluding hydrogens is 574 g/mol. The predicted octanol–water partition coefficient (Wildman–Crippen LogP) is 4.44. The van der Waals surface area contributed by atoms with Crippen LogP contribution in [-0.2, 0) is 19.1 Å². The molecule has 45 heavy (non-hydrogen) atoms.